The molecule has 5 unspecified atom stereocenters. The third-order valence-electron chi connectivity index (χ3n) is 5.19. The molecule has 0 aromatic rings. The standard InChI is InChI=1S/C20H42N2O8/c1-8-11(2)16(25)17(26)15(24)9-21-10-22-12(3)14(5)29-19(28)20(6,7)30-18(27)13(4)23/h11-18,21-27H,8-10H2,1-7H3/t11?,12?,13?,14?,15-,16+,17+,18?/m0/s1. The van der Waals surface area contributed by atoms with Gasteiger partial charge in [-0.3, -0.25) is 5.32 Å². The number of carbonyl (C=O) groups is 1. The lowest BCUT2D eigenvalue weighted by Gasteiger charge is -2.30. The SMILES string of the molecule is CCC(C)[C@@H](O)[C@H](O)[C@@H](O)CNCNC(C)C(C)OC(=O)C(C)(C)OC(O)C(C)O. The maximum Gasteiger partial charge on any atom is 0.338 e. The largest absolute Gasteiger partial charge is 0.459 e. The van der Waals surface area contributed by atoms with Crippen LogP contribution >= 0.6 is 0 Å². The van der Waals surface area contributed by atoms with Crippen molar-refractivity contribution in [1.29, 1.82) is 0 Å². The molecule has 180 valence electrons. The van der Waals surface area contributed by atoms with Crippen LogP contribution in [0.2, 0.25) is 0 Å². The average Bonchev–Trinajstić information content (AvgIpc) is 2.68. The highest BCUT2D eigenvalue weighted by molar-refractivity contribution is 5.78. The summed E-state index contributed by atoms with van der Waals surface area (Å²) < 4.78 is 10.5. The van der Waals surface area contributed by atoms with E-state index in [4.69, 9.17) is 9.47 Å². The smallest absolute Gasteiger partial charge is 0.338 e. The van der Waals surface area contributed by atoms with Crippen molar-refractivity contribution in [2.24, 2.45) is 5.92 Å². The minimum Gasteiger partial charge on any atom is -0.459 e. The Balaban J connectivity index is 4.36. The Bertz CT molecular complexity index is 491. The number of hydrogen-bond acceptors (Lipinski definition) is 10. The second-order valence-electron chi connectivity index (χ2n) is 8.43. The zero-order chi connectivity index (χ0) is 23.6. The molecule has 0 saturated heterocycles. The van der Waals surface area contributed by atoms with Crippen molar-refractivity contribution in [2.75, 3.05) is 13.2 Å². The highest BCUT2D eigenvalue weighted by Crippen LogP contribution is 2.17. The first-order chi connectivity index (χ1) is 13.7. The summed E-state index contributed by atoms with van der Waals surface area (Å²) in [7, 11) is 0. The number of carbonyl (C=O) groups excluding carboxylic acids is 1. The van der Waals surface area contributed by atoms with E-state index in [1.807, 2.05) is 6.92 Å². The summed E-state index contributed by atoms with van der Waals surface area (Å²) in [6.45, 7) is 11.8. The molecule has 0 rings (SSSR count). The average molecular weight is 439 g/mol. The van der Waals surface area contributed by atoms with Gasteiger partial charge in [0.05, 0.1) is 12.2 Å². The van der Waals surface area contributed by atoms with Crippen LogP contribution in [-0.4, -0.2) is 93.2 Å². The molecular formula is C20H42N2O8. The zero-order valence-electron chi connectivity index (χ0n) is 19.2. The van der Waals surface area contributed by atoms with Gasteiger partial charge in [0.15, 0.2) is 11.9 Å². The summed E-state index contributed by atoms with van der Waals surface area (Å²) in [5, 5.41) is 54.9. The molecule has 0 aliphatic heterocycles. The Morgan fingerprint density at radius 1 is 1.00 bits per heavy atom. The number of hydrogen-bond donors (Lipinski definition) is 7. The Morgan fingerprint density at radius 3 is 2.07 bits per heavy atom. The molecule has 0 amide bonds. The van der Waals surface area contributed by atoms with Gasteiger partial charge in [0.25, 0.3) is 0 Å². The molecule has 10 nitrogen and oxygen atoms in total. The van der Waals surface area contributed by atoms with Crippen LogP contribution in [0.5, 0.6) is 0 Å². The third-order valence-corrected chi connectivity index (χ3v) is 5.19. The van der Waals surface area contributed by atoms with E-state index in [2.05, 4.69) is 10.6 Å². The van der Waals surface area contributed by atoms with Gasteiger partial charge in [0, 0.05) is 19.3 Å². The van der Waals surface area contributed by atoms with Crippen molar-refractivity contribution < 1.29 is 39.8 Å². The number of aliphatic hydroxyl groups excluding tert-OH is 5. The van der Waals surface area contributed by atoms with Gasteiger partial charge >= 0.3 is 5.97 Å². The molecular weight excluding hydrogens is 396 g/mol. The number of aliphatic hydroxyl groups is 5. The summed E-state index contributed by atoms with van der Waals surface area (Å²) in [5.74, 6) is -0.813. The van der Waals surface area contributed by atoms with E-state index in [1.165, 1.54) is 20.8 Å². The normalized spacial score (nSPS) is 20.5. The molecule has 0 fully saturated rings. The molecule has 0 aliphatic carbocycles. The molecule has 0 aliphatic rings. The highest BCUT2D eigenvalue weighted by atomic mass is 16.7. The molecule has 30 heavy (non-hydrogen) atoms. The van der Waals surface area contributed by atoms with Gasteiger partial charge < -0.3 is 40.3 Å². The fraction of sp³-hybridized carbons (Fsp3) is 0.950. The topological polar surface area (TPSA) is 161 Å². The predicted octanol–water partition coefficient (Wildman–Crippen LogP) is -0.933. The molecule has 0 aromatic carbocycles. The van der Waals surface area contributed by atoms with Crippen molar-refractivity contribution in [3.05, 3.63) is 0 Å². The molecule has 0 aromatic heterocycles. The van der Waals surface area contributed by atoms with Crippen LogP contribution < -0.4 is 10.6 Å². The molecule has 0 spiro atoms. The van der Waals surface area contributed by atoms with E-state index in [0.29, 0.717) is 6.42 Å². The van der Waals surface area contributed by atoms with Gasteiger partial charge in [0.1, 0.15) is 18.3 Å². The minimum absolute atomic E-state index is 0.0701. The third kappa shape index (κ3) is 9.97. The van der Waals surface area contributed by atoms with E-state index in [0.717, 1.165) is 0 Å². The van der Waals surface area contributed by atoms with Crippen molar-refractivity contribution >= 4 is 5.97 Å². The quantitative estimate of drug-likeness (QED) is 0.0966. The maximum absolute atomic E-state index is 12.3. The van der Waals surface area contributed by atoms with Gasteiger partial charge in [-0.1, -0.05) is 20.3 Å². The molecule has 8 atom stereocenters. The first-order valence-electron chi connectivity index (χ1n) is 10.5. The molecule has 0 saturated carbocycles. The number of nitrogens with one attached hydrogen (secondary N) is 2. The van der Waals surface area contributed by atoms with Gasteiger partial charge in [-0.25, -0.2) is 4.79 Å². The number of rotatable bonds is 15. The second kappa shape index (κ2) is 13.5. The van der Waals surface area contributed by atoms with Gasteiger partial charge in [-0.15, -0.1) is 0 Å². The predicted molar refractivity (Wildman–Crippen MR) is 111 cm³/mol. The zero-order valence-corrected chi connectivity index (χ0v) is 19.2. The van der Waals surface area contributed by atoms with Crippen LogP contribution in [0.4, 0.5) is 0 Å². The molecule has 0 bridgehead atoms. The summed E-state index contributed by atoms with van der Waals surface area (Å²) in [5.41, 5.74) is -1.45. The van der Waals surface area contributed by atoms with Crippen molar-refractivity contribution in [3.8, 4) is 0 Å². The van der Waals surface area contributed by atoms with Crippen LogP contribution in [-0.2, 0) is 14.3 Å². The van der Waals surface area contributed by atoms with Gasteiger partial charge in [0.2, 0.25) is 0 Å². The lowest BCUT2D eigenvalue weighted by Crippen LogP contribution is -2.50. The first-order valence-corrected chi connectivity index (χ1v) is 10.5. The number of ether oxygens (including phenoxy) is 2. The Morgan fingerprint density at radius 2 is 1.57 bits per heavy atom. The lowest BCUT2D eigenvalue weighted by molar-refractivity contribution is -0.226. The van der Waals surface area contributed by atoms with Crippen molar-refractivity contribution in [3.63, 3.8) is 0 Å². The van der Waals surface area contributed by atoms with E-state index < -0.39 is 48.4 Å². The van der Waals surface area contributed by atoms with Crippen molar-refractivity contribution in [1.82, 2.24) is 10.6 Å². The van der Waals surface area contributed by atoms with E-state index >= 15 is 0 Å². The highest BCUT2D eigenvalue weighted by Gasteiger charge is 2.36. The summed E-state index contributed by atoms with van der Waals surface area (Å²) in [6.07, 6.45) is -5.88. The molecule has 0 radical (unpaired) electrons. The van der Waals surface area contributed by atoms with Crippen LogP contribution in [0.15, 0.2) is 0 Å². The van der Waals surface area contributed by atoms with Crippen LogP contribution in [0.1, 0.15) is 54.9 Å². The van der Waals surface area contributed by atoms with E-state index in [9.17, 15) is 30.3 Å². The van der Waals surface area contributed by atoms with Crippen molar-refractivity contribution in [2.45, 2.75) is 103 Å². The van der Waals surface area contributed by atoms with Crippen LogP contribution in [0.3, 0.4) is 0 Å². The molecule has 0 heterocycles. The maximum atomic E-state index is 12.3. The monoisotopic (exact) mass is 438 g/mol. The summed E-state index contributed by atoms with van der Waals surface area (Å²) >= 11 is 0. The lowest BCUT2D eigenvalue weighted by atomic mass is 9.94. The molecule has 7 N–H and O–H groups in total. The van der Waals surface area contributed by atoms with E-state index in [1.54, 1.807) is 20.8 Å². The summed E-state index contributed by atoms with van der Waals surface area (Å²) in [6, 6.07) is -0.258. The Hall–Kier alpha value is -0.850. The number of esters is 1. The fourth-order valence-corrected chi connectivity index (χ4v) is 2.41. The Kier molecular flexibility index (Phi) is 13.2. The first kappa shape index (κ1) is 29.1. The Labute approximate surface area is 179 Å². The van der Waals surface area contributed by atoms with Crippen LogP contribution in [0, 0.1) is 5.92 Å². The summed E-state index contributed by atoms with van der Waals surface area (Å²) in [4.78, 5) is 12.3. The van der Waals surface area contributed by atoms with Crippen LogP contribution in [0.25, 0.3) is 0 Å². The van der Waals surface area contributed by atoms with Gasteiger partial charge in [-0.05, 0) is 40.5 Å². The minimum atomic E-state index is -1.51. The molecule has 10 heteroatoms. The van der Waals surface area contributed by atoms with Gasteiger partial charge in [-0.2, -0.15) is 0 Å². The fourth-order valence-electron chi connectivity index (χ4n) is 2.41. The second-order valence-corrected chi connectivity index (χ2v) is 8.43. The van der Waals surface area contributed by atoms with E-state index in [-0.39, 0.29) is 25.2 Å².